The van der Waals surface area contributed by atoms with Crippen LogP contribution in [0.25, 0.3) is 0 Å². The Bertz CT molecular complexity index is 671. The number of carbonyl (C=O) groups excluding carboxylic acids is 1. The number of benzene rings is 1. The molecule has 0 fully saturated rings. The molecular formula is C16H16ClNO4. The number of hydrogen-bond donors (Lipinski definition) is 0. The first kappa shape index (κ1) is 16.1. The quantitative estimate of drug-likeness (QED) is 0.624. The van der Waals surface area contributed by atoms with Crippen molar-refractivity contribution in [1.82, 2.24) is 4.98 Å². The minimum Gasteiger partial charge on any atom is -0.497 e. The van der Waals surface area contributed by atoms with Gasteiger partial charge in [0.15, 0.2) is 5.75 Å². The van der Waals surface area contributed by atoms with E-state index in [0.717, 1.165) is 11.3 Å². The lowest BCUT2D eigenvalue weighted by Gasteiger charge is -2.13. The van der Waals surface area contributed by atoms with Crippen LogP contribution in [0.5, 0.6) is 11.5 Å². The molecule has 0 saturated carbocycles. The molecule has 0 saturated heterocycles. The van der Waals surface area contributed by atoms with Crippen LogP contribution in [0.2, 0.25) is 5.15 Å². The van der Waals surface area contributed by atoms with Crippen molar-refractivity contribution in [1.29, 1.82) is 0 Å². The number of nitrogens with zero attached hydrogens (tertiary/aromatic N) is 1. The van der Waals surface area contributed by atoms with E-state index in [1.807, 2.05) is 24.3 Å². The molecule has 0 bridgehead atoms. The highest BCUT2D eigenvalue weighted by atomic mass is 35.5. The largest absolute Gasteiger partial charge is 0.497 e. The second-order valence-corrected chi connectivity index (χ2v) is 4.92. The molecule has 116 valence electrons. The first-order valence-corrected chi connectivity index (χ1v) is 6.94. The first-order chi connectivity index (χ1) is 10.5. The summed E-state index contributed by atoms with van der Waals surface area (Å²) in [4.78, 5) is 15.9. The number of rotatable bonds is 5. The van der Waals surface area contributed by atoms with Gasteiger partial charge >= 0.3 is 5.97 Å². The summed E-state index contributed by atoms with van der Waals surface area (Å²) in [5, 5.41) is 0.217. The molecule has 1 aromatic heterocycles. The Morgan fingerprint density at radius 1 is 1.23 bits per heavy atom. The van der Waals surface area contributed by atoms with Gasteiger partial charge in [-0.15, -0.1) is 0 Å². The molecule has 5 nitrogen and oxygen atoms in total. The van der Waals surface area contributed by atoms with Crippen LogP contribution in [-0.2, 0) is 11.3 Å². The monoisotopic (exact) mass is 321 g/mol. The SMILES string of the molecule is COC(=O)c1cc(Cl)nc(C)c1OCc1ccc(OC)cc1. The van der Waals surface area contributed by atoms with E-state index in [0.29, 0.717) is 11.4 Å². The number of aromatic nitrogens is 1. The summed E-state index contributed by atoms with van der Waals surface area (Å²) in [5.74, 6) is 0.618. The van der Waals surface area contributed by atoms with E-state index in [1.54, 1.807) is 14.0 Å². The molecule has 0 aliphatic carbocycles. The van der Waals surface area contributed by atoms with E-state index >= 15 is 0 Å². The van der Waals surface area contributed by atoms with Gasteiger partial charge in [-0.1, -0.05) is 23.7 Å². The van der Waals surface area contributed by atoms with Gasteiger partial charge in [-0.2, -0.15) is 0 Å². The maximum atomic E-state index is 11.8. The van der Waals surface area contributed by atoms with Gasteiger partial charge in [0.1, 0.15) is 23.1 Å². The highest BCUT2D eigenvalue weighted by Crippen LogP contribution is 2.27. The van der Waals surface area contributed by atoms with Crippen molar-refractivity contribution in [2.45, 2.75) is 13.5 Å². The van der Waals surface area contributed by atoms with Crippen molar-refractivity contribution < 1.29 is 19.0 Å². The van der Waals surface area contributed by atoms with Gasteiger partial charge in [-0.25, -0.2) is 9.78 Å². The van der Waals surface area contributed by atoms with Crippen LogP contribution in [-0.4, -0.2) is 25.2 Å². The molecule has 0 radical (unpaired) electrons. The van der Waals surface area contributed by atoms with Gasteiger partial charge in [-0.05, 0) is 30.7 Å². The fraction of sp³-hybridized carbons (Fsp3) is 0.250. The molecule has 1 aromatic carbocycles. The molecule has 0 unspecified atom stereocenters. The first-order valence-electron chi connectivity index (χ1n) is 6.56. The summed E-state index contributed by atoms with van der Waals surface area (Å²) in [7, 11) is 2.91. The Balaban J connectivity index is 2.22. The number of esters is 1. The maximum absolute atomic E-state index is 11.8. The number of pyridine rings is 1. The fourth-order valence-electron chi connectivity index (χ4n) is 1.94. The van der Waals surface area contributed by atoms with E-state index in [1.165, 1.54) is 13.2 Å². The summed E-state index contributed by atoms with van der Waals surface area (Å²) in [6.45, 7) is 2.01. The van der Waals surface area contributed by atoms with Crippen LogP contribution in [0.3, 0.4) is 0 Å². The van der Waals surface area contributed by atoms with Gasteiger partial charge < -0.3 is 14.2 Å². The predicted molar refractivity (Wildman–Crippen MR) is 82.6 cm³/mol. The lowest BCUT2D eigenvalue weighted by Crippen LogP contribution is -2.08. The summed E-state index contributed by atoms with van der Waals surface area (Å²) in [5.41, 5.74) is 1.72. The molecule has 22 heavy (non-hydrogen) atoms. The van der Waals surface area contributed by atoms with Crippen LogP contribution in [0, 0.1) is 6.92 Å². The lowest BCUT2D eigenvalue weighted by molar-refractivity contribution is 0.0595. The van der Waals surface area contributed by atoms with Crippen molar-refractivity contribution in [3.05, 3.63) is 52.3 Å². The van der Waals surface area contributed by atoms with Crippen LogP contribution in [0.1, 0.15) is 21.6 Å². The van der Waals surface area contributed by atoms with Crippen LogP contribution < -0.4 is 9.47 Å². The van der Waals surface area contributed by atoms with Gasteiger partial charge in [0.25, 0.3) is 0 Å². The normalized spacial score (nSPS) is 10.2. The predicted octanol–water partition coefficient (Wildman–Crippen LogP) is 3.42. The Labute approximate surface area is 133 Å². The minimum atomic E-state index is -0.517. The average molecular weight is 322 g/mol. The summed E-state index contributed by atoms with van der Waals surface area (Å²) < 4.78 is 15.6. The van der Waals surface area contributed by atoms with E-state index in [-0.39, 0.29) is 17.3 Å². The summed E-state index contributed by atoms with van der Waals surface area (Å²) in [6, 6.07) is 8.88. The van der Waals surface area contributed by atoms with Crippen LogP contribution in [0.4, 0.5) is 0 Å². The molecule has 0 aliphatic rings. The average Bonchev–Trinajstić information content (AvgIpc) is 2.53. The van der Waals surface area contributed by atoms with Gasteiger partial charge in [0, 0.05) is 0 Å². The van der Waals surface area contributed by atoms with Gasteiger partial charge in [0.2, 0.25) is 0 Å². The summed E-state index contributed by atoms with van der Waals surface area (Å²) in [6.07, 6.45) is 0. The number of methoxy groups -OCH3 is 2. The second kappa shape index (κ2) is 7.13. The van der Waals surface area contributed by atoms with Crippen molar-refractivity contribution in [3.8, 4) is 11.5 Å². The highest BCUT2D eigenvalue weighted by molar-refractivity contribution is 6.29. The molecule has 0 amide bonds. The van der Waals surface area contributed by atoms with Crippen molar-refractivity contribution in [2.24, 2.45) is 0 Å². The Kier molecular flexibility index (Phi) is 5.22. The minimum absolute atomic E-state index is 0.217. The number of halogens is 1. The molecule has 0 N–H and O–H groups in total. The van der Waals surface area contributed by atoms with E-state index < -0.39 is 5.97 Å². The zero-order chi connectivity index (χ0) is 16.1. The Morgan fingerprint density at radius 3 is 2.50 bits per heavy atom. The molecule has 6 heteroatoms. The summed E-state index contributed by atoms with van der Waals surface area (Å²) >= 11 is 5.89. The maximum Gasteiger partial charge on any atom is 0.341 e. The molecule has 1 heterocycles. The Hall–Kier alpha value is -2.27. The lowest BCUT2D eigenvalue weighted by atomic mass is 10.2. The molecule has 0 atom stereocenters. The third-order valence-corrected chi connectivity index (χ3v) is 3.25. The van der Waals surface area contributed by atoms with E-state index in [2.05, 4.69) is 4.98 Å². The van der Waals surface area contributed by atoms with Crippen LogP contribution >= 0.6 is 11.6 Å². The van der Waals surface area contributed by atoms with Crippen molar-refractivity contribution >= 4 is 17.6 Å². The number of ether oxygens (including phenoxy) is 3. The standard InChI is InChI=1S/C16H16ClNO4/c1-10-15(13(16(19)21-3)8-14(17)18-10)22-9-11-4-6-12(20-2)7-5-11/h4-8H,9H2,1-3H3. The Morgan fingerprint density at radius 2 is 1.91 bits per heavy atom. The van der Waals surface area contributed by atoms with Gasteiger partial charge in [-0.3, -0.25) is 0 Å². The van der Waals surface area contributed by atoms with E-state index in [9.17, 15) is 4.79 Å². The molecular weight excluding hydrogens is 306 g/mol. The van der Waals surface area contributed by atoms with E-state index in [4.69, 9.17) is 25.8 Å². The molecule has 2 aromatic rings. The van der Waals surface area contributed by atoms with Crippen molar-refractivity contribution in [3.63, 3.8) is 0 Å². The number of aryl methyl sites for hydroxylation is 1. The molecule has 0 spiro atoms. The highest BCUT2D eigenvalue weighted by Gasteiger charge is 2.18. The number of hydrogen-bond acceptors (Lipinski definition) is 5. The third kappa shape index (κ3) is 3.68. The zero-order valence-electron chi connectivity index (χ0n) is 12.6. The van der Waals surface area contributed by atoms with Gasteiger partial charge in [0.05, 0.1) is 19.9 Å². The molecule has 2 rings (SSSR count). The fourth-order valence-corrected chi connectivity index (χ4v) is 2.18. The third-order valence-electron chi connectivity index (χ3n) is 3.06. The van der Waals surface area contributed by atoms with Crippen LogP contribution in [0.15, 0.2) is 30.3 Å². The zero-order valence-corrected chi connectivity index (χ0v) is 13.3. The topological polar surface area (TPSA) is 57.7 Å². The van der Waals surface area contributed by atoms with Crippen molar-refractivity contribution in [2.75, 3.05) is 14.2 Å². The molecule has 0 aliphatic heterocycles. The second-order valence-electron chi connectivity index (χ2n) is 4.54. The smallest absolute Gasteiger partial charge is 0.341 e. The number of carbonyl (C=O) groups is 1.